The monoisotopic (exact) mass is 442 g/mol. The highest BCUT2D eigenvalue weighted by Gasteiger charge is 2.61. The van der Waals surface area contributed by atoms with Crippen molar-refractivity contribution in [3.63, 3.8) is 0 Å². The summed E-state index contributed by atoms with van der Waals surface area (Å²) < 4.78 is 1.49. The number of aliphatic hydroxyl groups is 1. The predicted octanol–water partition coefficient (Wildman–Crippen LogP) is 4.56. The minimum Gasteiger partial charge on any atom is -0.478 e. The van der Waals surface area contributed by atoms with Gasteiger partial charge in [-0.05, 0) is 99.2 Å². The molecule has 1 aromatic heterocycles. The first-order chi connectivity index (χ1) is 15.0. The number of hydrogen-bond donors (Lipinski definition) is 2. The van der Waals surface area contributed by atoms with Crippen molar-refractivity contribution in [2.45, 2.75) is 90.7 Å². The van der Waals surface area contributed by atoms with Crippen LogP contribution in [0.5, 0.6) is 0 Å². The molecule has 1 aromatic rings. The third kappa shape index (κ3) is 3.36. The van der Waals surface area contributed by atoms with E-state index in [1.165, 1.54) is 36.3 Å². The maximum absolute atomic E-state index is 13.3. The smallest absolute Gasteiger partial charge is 0.338 e. The lowest BCUT2D eigenvalue weighted by Gasteiger charge is -2.61. The van der Waals surface area contributed by atoms with E-state index in [0.29, 0.717) is 29.1 Å². The first-order valence-electron chi connectivity index (χ1n) is 12.5. The Morgan fingerprint density at radius 3 is 2.50 bits per heavy atom. The van der Waals surface area contributed by atoms with E-state index in [0.717, 1.165) is 38.5 Å². The topological polar surface area (TPSA) is 92.4 Å². The molecule has 0 bridgehead atoms. The van der Waals surface area contributed by atoms with Crippen LogP contribution < -0.4 is 0 Å². The van der Waals surface area contributed by atoms with E-state index in [4.69, 9.17) is 5.11 Å². The highest BCUT2D eigenvalue weighted by atomic mass is 16.4. The summed E-state index contributed by atoms with van der Waals surface area (Å²) >= 11 is 0. The number of ketones is 1. The number of aromatic nitrogens is 2. The van der Waals surface area contributed by atoms with Crippen molar-refractivity contribution >= 4 is 11.8 Å². The number of rotatable bonds is 4. The second-order valence-electron chi connectivity index (χ2n) is 12.2. The molecule has 0 amide bonds. The normalized spacial score (nSPS) is 45.6. The first-order valence-corrected chi connectivity index (χ1v) is 12.5. The number of hydrogen-bond acceptors (Lipinski definition) is 4. The van der Waals surface area contributed by atoms with Crippen LogP contribution in [0.15, 0.2) is 12.4 Å². The van der Waals surface area contributed by atoms with Gasteiger partial charge in [-0.2, -0.15) is 5.10 Å². The van der Waals surface area contributed by atoms with Gasteiger partial charge in [-0.3, -0.25) is 9.48 Å². The number of carbonyl (C=O) groups is 2. The van der Waals surface area contributed by atoms with Crippen molar-refractivity contribution in [3.05, 3.63) is 18.0 Å². The maximum Gasteiger partial charge on any atom is 0.338 e. The van der Waals surface area contributed by atoms with Crippen molar-refractivity contribution in [2.24, 2.45) is 40.4 Å². The second-order valence-corrected chi connectivity index (χ2v) is 12.2. The molecule has 1 heterocycles. The summed E-state index contributed by atoms with van der Waals surface area (Å²) in [5.41, 5.74) is 0.00423. The fourth-order valence-electron chi connectivity index (χ4n) is 8.79. The summed E-state index contributed by atoms with van der Waals surface area (Å²) in [6, 6.07) is 0. The number of carboxylic acid groups (broad SMARTS) is 1. The third-order valence-electron chi connectivity index (χ3n) is 10.5. The molecule has 32 heavy (non-hydrogen) atoms. The molecule has 2 N–H and O–H groups in total. The van der Waals surface area contributed by atoms with Gasteiger partial charge < -0.3 is 10.2 Å². The number of carboxylic acids is 1. The maximum atomic E-state index is 13.3. The lowest BCUT2D eigenvalue weighted by molar-refractivity contribution is -0.151. The van der Waals surface area contributed by atoms with Gasteiger partial charge in [-0.15, -0.1) is 0 Å². The number of nitrogens with zero attached hydrogens (tertiary/aromatic N) is 2. The van der Waals surface area contributed by atoms with Crippen LogP contribution >= 0.6 is 0 Å². The predicted molar refractivity (Wildman–Crippen MR) is 120 cm³/mol. The average Bonchev–Trinajstić information content (AvgIpc) is 3.32. The van der Waals surface area contributed by atoms with Gasteiger partial charge in [0, 0.05) is 12.1 Å². The van der Waals surface area contributed by atoms with Crippen molar-refractivity contribution in [3.8, 4) is 0 Å². The molecule has 0 unspecified atom stereocenters. The molecule has 5 rings (SSSR count). The Hall–Kier alpha value is -1.69. The molecule has 8 atom stereocenters. The molecule has 0 aromatic carbocycles. The lowest BCUT2D eigenvalue weighted by Crippen LogP contribution is -2.55. The summed E-state index contributed by atoms with van der Waals surface area (Å²) in [5, 5.41) is 23.9. The average molecular weight is 443 g/mol. The lowest BCUT2D eigenvalue weighted by atomic mass is 9.44. The molecule has 176 valence electrons. The molecular formula is C26H38N2O4. The summed E-state index contributed by atoms with van der Waals surface area (Å²) in [4.78, 5) is 24.5. The molecule has 0 aliphatic heterocycles. The number of aromatic carboxylic acids is 1. The van der Waals surface area contributed by atoms with Crippen LogP contribution in [0.4, 0.5) is 0 Å². The molecule has 0 saturated heterocycles. The van der Waals surface area contributed by atoms with E-state index in [1.807, 2.05) is 6.92 Å². The fourth-order valence-corrected chi connectivity index (χ4v) is 8.79. The van der Waals surface area contributed by atoms with Crippen LogP contribution in [-0.4, -0.2) is 37.3 Å². The Balaban J connectivity index is 1.32. The largest absolute Gasteiger partial charge is 0.478 e. The van der Waals surface area contributed by atoms with Gasteiger partial charge in [-0.25, -0.2) is 4.79 Å². The van der Waals surface area contributed by atoms with Crippen molar-refractivity contribution in [1.82, 2.24) is 9.78 Å². The highest BCUT2D eigenvalue weighted by molar-refractivity contribution is 5.87. The molecule has 6 heteroatoms. The zero-order valence-electron chi connectivity index (χ0n) is 19.7. The minimum atomic E-state index is -1.01. The quantitative estimate of drug-likeness (QED) is 0.713. The van der Waals surface area contributed by atoms with E-state index in [1.54, 1.807) is 0 Å². The minimum absolute atomic E-state index is 0.0450. The van der Waals surface area contributed by atoms with Crippen molar-refractivity contribution in [2.75, 3.05) is 0 Å². The number of Topliss-reactive ketones (excluding diaryl/α,β-unsaturated/α-hetero) is 1. The Morgan fingerprint density at radius 2 is 1.78 bits per heavy atom. The number of fused-ring (bicyclic) bond motifs is 5. The fraction of sp³-hybridized carbons (Fsp3) is 0.808. The van der Waals surface area contributed by atoms with Crippen LogP contribution in [0.1, 0.15) is 88.9 Å². The van der Waals surface area contributed by atoms with Gasteiger partial charge in [-0.1, -0.05) is 13.8 Å². The van der Waals surface area contributed by atoms with Gasteiger partial charge in [0.1, 0.15) is 0 Å². The van der Waals surface area contributed by atoms with E-state index >= 15 is 0 Å². The molecule has 4 saturated carbocycles. The van der Waals surface area contributed by atoms with Crippen molar-refractivity contribution < 1.29 is 19.8 Å². The highest BCUT2D eigenvalue weighted by Crippen LogP contribution is 2.68. The second kappa shape index (κ2) is 7.41. The van der Waals surface area contributed by atoms with Crippen LogP contribution in [0.2, 0.25) is 0 Å². The summed E-state index contributed by atoms with van der Waals surface area (Å²) in [7, 11) is 0. The SMILES string of the molecule is C[C@@]1(O)CC[C@@]2(C)[C@@H](CC[C@@H]3[C@@H]2CC[C@]2(C)[C@@H](C(=O)Cn4cc(C(=O)O)cn4)CC[C@@H]32)C1. The van der Waals surface area contributed by atoms with Crippen molar-refractivity contribution in [1.29, 1.82) is 0 Å². The van der Waals surface area contributed by atoms with E-state index in [9.17, 15) is 14.7 Å². The molecular weight excluding hydrogens is 404 g/mol. The molecule has 6 nitrogen and oxygen atoms in total. The Kier molecular flexibility index (Phi) is 5.12. The van der Waals surface area contributed by atoms with Crippen LogP contribution in [-0.2, 0) is 11.3 Å². The Morgan fingerprint density at radius 1 is 1.03 bits per heavy atom. The third-order valence-corrected chi connectivity index (χ3v) is 10.5. The van der Waals surface area contributed by atoms with Gasteiger partial charge in [0.05, 0.1) is 23.9 Å². The van der Waals surface area contributed by atoms with Gasteiger partial charge in [0.25, 0.3) is 0 Å². The number of carbonyl (C=O) groups excluding carboxylic acids is 1. The standard InChI is InChI=1S/C26H38N2O4/c1-24(32)10-11-25(2)17(12-24)4-5-18-19-6-7-21(26(19,3)9-8-20(18)25)22(29)15-28-14-16(13-27-28)23(30)31/h13-14,17-21,32H,4-12,15H2,1-3H3,(H,30,31)/t17-,18-,19-,20-,21+,24+,25-,26-/m0/s1. The summed E-state index contributed by atoms with van der Waals surface area (Å²) in [6.07, 6.45) is 12.6. The zero-order chi connectivity index (χ0) is 22.9. The van der Waals surface area contributed by atoms with Gasteiger partial charge in [0.15, 0.2) is 5.78 Å². The summed E-state index contributed by atoms with van der Waals surface area (Å²) in [5.74, 6) is 1.88. The van der Waals surface area contributed by atoms with E-state index in [-0.39, 0.29) is 29.2 Å². The first kappa shape index (κ1) is 22.1. The Bertz CT molecular complexity index is 923. The molecule has 0 spiro atoms. The molecule has 4 aliphatic rings. The molecule has 4 fully saturated rings. The van der Waals surface area contributed by atoms with Crippen LogP contribution in [0.3, 0.4) is 0 Å². The van der Waals surface area contributed by atoms with Crippen LogP contribution in [0, 0.1) is 40.4 Å². The summed E-state index contributed by atoms with van der Waals surface area (Å²) in [6.45, 7) is 7.04. The van der Waals surface area contributed by atoms with Gasteiger partial charge >= 0.3 is 5.97 Å². The van der Waals surface area contributed by atoms with E-state index in [2.05, 4.69) is 18.9 Å². The molecule has 0 radical (unpaired) electrons. The van der Waals surface area contributed by atoms with E-state index < -0.39 is 11.6 Å². The Labute approximate surface area is 190 Å². The molecule has 4 aliphatic carbocycles. The van der Waals surface area contributed by atoms with Crippen LogP contribution in [0.25, 0.3) is 0 Å². The zero-order valence-corrected chi connectivity index (χ0v) is 19.7. The van der Waals surface area contributed by atoms with Gasteiger partial charge in [0.2, 0.25) is 0 Å².